The van der Waals surface area contributed by atoms with Crippen molar-refractivity contribution in [3.8, 4) is 17.6 Å². The smallest absolute Gasteiger partial charge is 0.162 e. The van der Waals surface area contributed by atoms with Gasteiger partial charge in [-0.1, -0.05) is 6.07 Å². The van der Waals surface area contributed by atoms with Crippen molar-refractivity contribution in [2.45, 2.75) is 6.92 Å². The van der Waals surface area contributed by atoms with Gasteiger partial charge in [0.15, 0.2) is 11.5 Å². The lowest BCUT2D eigenvalue weighted by molar-refractivity contribution is 0.355. The number of nitrogens with one attached hydrogen (secondary N) is 1. The number of pyridine rings is 1. The van der Waals surface area contributed by atoms with Gasteiger partial charge in [0.25, 0.3) is 0 Å². The molecule has 0 saturated heterocycles. The molecule has 134 valence electrons. The SMILES string of the molecule is COc1ccc(Nn2nc3cnc4cc(C#N)ccc4c3c2C)cc1OC. The van der Waals surface area contributed by atoms with Crippen molar-refractivity contribution in [1.82, 2.24) is 14.9 Å². The molecule has 0 fully saturated rings. The number of hydrogen-bond donors (Lipinski definition) is 1. The van der Waals surface area contributed by atoms with E-state index in [2.05, 4.69) is 21.6 Å². The van der Waals surface area contributed by atoms with Crippen molar-refractivity contribution in [2.75, 3.05) is 19.6 Å². The van der Waals surface area contributed by atoms with Crippen molar-refractivity contribution in [3.63, 3.8) is 0 Å². The number of benzene rings is 2. The standard InChI is InChI=1S/C20H17N5O2/c1-12-20-15-6-4-13(10-21)8-16(15)22-11-17(20)24-25(12)23-14-5-7-18(26-2)19(9-14)27-3/h4-9,11,23H,1-3H3. The molecular weight excluding hydrogens is 342 g/mol. The van der Waals surface area contributed by atoms with E-state index >= 15 is 0 Å². The Bertz CT molecular complexity index is 1210. The topological polar surface area (TPSA) is 85.0 Å². The Morgan fingerprint density at radius 3 is 2.59 bits per heavy atom. The van der Waals surface area contributed by atoms with Crippen LogP contribution >= 0.6 is 0 Å². The second kappa shape index (κ2) is 6.50. The Labute approximate surface area is 155 Å². The minimum absolute atomic E-state index is 0.586. The van der Waals surface area contributed by atoms with Crippen molar-refractivity contribution in [2.24, 2.45) is 0 Å². The fourth-order valence-electron chi connectivity index (χ4n) is 3.13. The minimum Gasteiger partial charge on any atom is -0.493 e. The molecule has 4 rings (SSSR count). The van der Waals surface area contributed by atoms with Gasteiger partial charge in [-0.2, -0.15) is 15.2 Å². The first-order chi connectivity index (χ1) is 13.1. The highest BCUT2D eigenvalue weighted by Crippen LogP contribution is 2.31. The Hall–Kier alpha value is -3.79. The lowest BCUT2D eigenvalue weighted by Gasteiger charge is -2.12. The number of fused-ring (bicyclic) bond motifs is 3. The van der Waals surface area contributed by atoms with Crippen LogP contribution in [0.15, 0.2) is 42.6 Å². The average Bonchev–Trinajstić information content (AvgIpc) is 3.03. The van der Waals surface area contributed by atoms with Crippen LogP contribution in [0.1, 0.15) is 11.3 Å². The highest BCUT2D eigenvalue weighted by molar-refractivity contribution is 6.05. The van der Waals surface area contributed by atoms with E-state index in [-0.39, 0.29) is 0 Å². The Morgan fingerprint density at radius 1 is 1.04 bits per heavy atom. The van der Waals surface area contributed by atoms with E-state index in [1.165, 1.54) is 0 Å². The molecule has 0 aliphatic carbocycles. The first-order valence-corrected chi connectivity index (χ1v) is 8.32. The third kappa shape index (κ3) is 2.77. The number of aromatic nitrogens is 3. The van der Waals surface area contributed by atoms with Gasteiger partial charge in [-0.15, -0.1) is 0 Å². The van der Waals surface area contributed by atoms with Crippen LogP contribution in [0.4, 0.5) is 5.69 Å². The molecule has 7 heteroatoms. The second-order valence-electron chi connectivity index (χ2n) is 6.04. The molecule has 7 nitrogen and oxygen atoms in total. The summed E-state index contributed by atoms with van der Waals surface area (Å²) in [5.74, 6) is 1.29. The van der Waals surface area contributed by atoms with Crippen molar-refractivity contribution < 1.29 is 9.47 Å². The quantitative estimate of drug-likeness (QED) is 0.599. The monoisotopic (exact) mass is 359 g/mol. The Kier molecular flexibility index (Phi) is 4.01. The van der Waals surface area contributed by atoms with E-state index < -0.39 is 0 Å². The molecule has 0 bridgehead atoms. The highest BCUT2D eigenvalue weighted by atomic mass is 16.5. The number of aryl methyl sites for hydroxylation is 1. The summed E-state index contributed by atoms with van der Waals surface area (Å²) in [5, 5.41) is 15.7. The van der Waals surface area contributed by atoms with Gasteiger partial charge in [0.2, 0.25) is 0 Å². The molecule has 0 aliphatic heterocycles. The maximum Gasteiger partial charge on any atom is 0.162 e. The molecule has 2 aromatic heterocycles. The van der Waals surface area contributed by atoms with Gasteiger partial charge in [0.05, 0.1) is 48.9 Å². The summed E-state index contributed by atoms with van der Waals surface area (Å²) in [6, 6.07) is 13.2. The molecule has 4 aromatic rings. The lowest BCUT2D eigenvalue weighted by Crippen LogP contribution is -2.12. The molecule has 2 aromatic carbocycles. The summed E-state index contributed by atoms with van der Waals surface area (Å²) in [4.78, 5) is 6.15. The summed E-state index contributed by atoms with van der Waals surface area (Å²) in [6.45, 7) is 1.99. The number of nitriles is 1. The van der Waals surface area contributed by atoms with E-state index in [9.17, 15) is 0 Å². The van der Waals surface area contributed by atoms with Gasteiger partial charge >= 0.3 is 0 Å². The molecule has 1 N–H and O–H groups in total. The van der Waals surface area contributed by atoms with Crippen LogP contribution in [0.25, 0.3) is 21.8 Å². The maximum atomic E-state index is 9.09. The van der Waals surface area contributed by atoms with Gasteiger partial charge in [-0.3, -0.25) is 10.4 Å². The maximum absolute atomic E-state index is 9.09. The average molecular weight is 359 g/mol. The van der Waals surface area contributed by atoms with Crippen LogP contribution in [0.2, 0.25) is 0 Å². The van der Waals surface area contributed by atoms with Gasteiger partial charge < -0.3 is 9.47 Å². The van der Waals surface area contributed by atoms with Crippen molar-refractivity contribution in [3.05, 3.63) is 53.9 Å². The number of methoxy groups -OCH3 is 2. The first-order valence-electron chi connectivity index (χ1n) is 8.32. The third-order valence-electron chi connectivity index (χ3n) is 4.48. The highest BCUT2D eigenvalue weighted by Gasteiger charge is 2.13. The number of nitrogens with zero attached hydrogens (tertiary/aromatic N) is 4. The van der Waals surface area contributed by atoms with Gasteiger partial charge in [0.1, 0.15) is 5.52 Å². The summed E-state index contributed by atoms with van der Waals surface area (Å²) < 4.78 is 10.6. The Morgan fingerprint density at radius 2 is 1.85 bits per heavy atom. The van der Waals surface area contributed by atoms with Gasteiger partial charge in [0, 0.05) is 16.8 Å². The molecule has 2 heterocycles. The second-order valence-corrected chi connectivity index (χ2v) is 6.04. The number of hydrogen-bond acceptors (Lipinski definition) is 6. The van der Waals surface area contributed by atoms with Crippen LogP contribution in [-0.4, -0.2) is 29.1 Å². The lowest BCUT2D eigenvalue weighted by atomic mass is 10.1. The summed E-state index contributed by atoms with van der Waals surface area (Å²) in [7, 11) is 3.20. The zero-order valence-electron chi connectivity index (χ0n) is 15.1. The summed E-state index contributed by atoms with van der Waals surface area (Å²) in [5.41, 5.74) is 7.15. The van der Waals surface area contributed by atoms with Crippen LogP contribution in [0.5, 0.6) is 11.5 Å². The molecule has 27 heavy (non-hydrogen) atoms. The van der Waals surface area contributed by atoms with Crippen LogP contribution in [0.3, 0.4) is 0 Å². The molecule has 0 amide bonds. The predicted molar refractivity (Wildman–Crippen MR) is 103 cm³/mol. The van der Waals surface area contributed by atoms with Crippen LogP contribution in [0, 0.1) is 18.3 Å². The van der Waals surface area contributed by atoms with E-state index in [4.69, 9.17) is 14.7 Å². The Balaban J connectivity index is 1.80. The fourth-order valence-corrected chi connectivity index (χ4v) is 3.13. The van der Waals surface area contributed by atoms with Crippen LogP contribution < -0.4 is 14.9 Å². The normalized spacial score (nSPS) is 10.7. The molecular formula is C20H17N5O2. The molecule has 0 atom stereocenters. The zero-order chi connectivity index (χ0) is 19.0. The van der Waals surface area contributed by atoms with E-state index in [0.717, 1.165) is 33.2 Å². The molecule has 0 unspecified atom stereocenters. The fraction of sp³-hybridized carbons (Fsp3) is 0.150. The van der Waals surface area contributed by atoms with E-state index in [1.807, 2.05) is 31.2 Å². The number of anilines is 1. The number of ether oxygens (including phenoxy) is 2. The number of rotatable bonds is 4. The van der Waals surface area contributed by atoms with Crippen molar-refractivity contribution >= 4 is 27.5 Å². The molecule has 0 radical (unpaired) electrons. The van der Waals surface area contributed by atoms with Gasteiger partial charge in [-0.05, 0) is 31.2 Å². The minimum atomic E-state index is 0.586. The van der Waals surface area contributed by atoms with E-state index in [1.54, 1.807) is 37.3 Å². The zero-order valence-corrected chi connectivity index (χ0v) is 15.1. The van der Waals surface area contributed by atoms with Crippen LogP contribution in [-0.2, 0) is 0 Å². The largest absolute Gasteiger partial charge is 0.493 e. The van der Waals surface area contributed by atoms with Crippen molar-refractivity contribution in [1.29, 1.82) is 5.26 Å². The third-order valence-corrected chi connectivity index (χ3v) is 4.48. The van der Waals surface area contributed by atoms with Gasteiger partial charge in [-0.25, -0.2) is 0 Å². The molecule has 0 saturated carbocycles. The molecule has 0 spiro atoms. The predicted octanol–water partition coefficient (Wildman–Crippen LogP) is 3.66. The summed E-state index contributed by atoms with van der Waals surface area (Å²) >= 11 is 0. The summed E-state index contributed by atoms with van der Waals surface area (Å²) in [6.07, 6.45) is 1.72. The van der Waals surface area contributed by atoms with E-state index in [0.29, 0.717) is 17.1 Å². The molecule has 0 aliphatic rings. The first kappa shape index (κ1) is 16.7.